The van der Waals surface area contributed by atoms with Crippen molar-refractivity contribution in [1.29, 1.82) is 0 Å². The second kappa shape index (κ2) is 5.00. The Labute approximate surface area is 126 Å². The Morgan fingerprint density at radius 2 is 2.24 bits per heavy atom. The van der Waals surface area contributed by atoms with Gasteiger partial charge in [0.25, 0.3) is 0 Å². The van der Waals surface area contributed by atoms with Crippen molar-refractivity contribution in [3.8, 4) is 5.75 Å². The van der Waals surface area contributed by atoms with Crippen molar-refractivity contribution in [3.05, 3.63) is 47.1 Å². The molecule has 106 valence electrons. The lowest BCUT2D eigenvalue weighted by Crippen LogP contribution is -2.08. The van der Waals surface area contributed by atoms with Gasteiger partial charge >= 0.3 is 0 Å². The number of nitrogens with zero attached hydrogens (tertiary/aromatic N) is 2. The maximum Gasteiger partial charge on any atom is 0.138 e. The maximum absolute atomic E-state index is 5.46. The molecule has 0 saturated heterocycles. The van der Waals surface area contributed by atoms with Crippen LogP contribution in [0.15, 0.2) is 36.0 Å². The Morgan fingerprint density at radius 1 is 1.29 bits per heavy atom. The SMILES string of the molecule is COc1cccc2c1CCC2Nc1ncnc2sccc12. The summed E-state index contributed by atoms with van der Waals surface area (Å²) in [4.78, 5) is 9.73. The van der Waals surface area contributed by atoms with Gasteiger partial charge in [-0.15, -0.1) is 11.3 Å². The van der Waals surface area contributed by atoms with Crippen LogP contribution < -0.4 is 10.1 Å². The fourth-order valence-electron chi connectivity index (χ4n) is 3.03. The lowest BCUT2D eigenvalue weighted by atomic mass is 10.1. The first-order valence-electron chi connectivity index (χ1n) is 6.97. The van der Waals surface area contributed by atoms with Gasteiger partial charge in [0, 0.05) is 0 Å². The predicted molar refractivity (Wildman–Crippen MR) is 85.1 cm³/mol. The third-order valence-corrected chi connectivity index (χ3v) is 4.84. The van der Waals surface area contributed by atoms with E-state index in [0.29, 0.717) is 0 Å². The molecular weight excluding hydrogens is 282 g/mol. The summed E-state index contributed by atoms with van der Waals surface area (Å²) in [5, 5.41) is 6.73. The summed E-state index contributed by atoms with van der Waals surface area (Å²) in [7, 11) is 1.73. The van der Waals surface area contributed by atoms with E-state index in [4.69, 9.17) is 4.74 Å². The van der Waals surface area contributed by atoms with Gasteiger partial charge in [-0.05, 0) is 41.5 Å². The number of ether oxygens (including phenoxy) is 1. The summed E-state index contributed by atoms with van der Waals surface area (Å²) >= 11 is 1.64. The van der Waals surface area contributed by atoms with Crippen LogP contribution in [-0.4, -0.2) is 17.1 Å². The molecule has 5 heteroatoms. The number of rotatable bonds is 3. The van der Waals surface area contributed by atoms with E-state index >= 15 is 0 Å². The molecule has 0 aliphatic heterocycles. The average Bonchev–Trinajstić information content (AvgIpc) is 3.14. The van der Waals surface area contributed by atoms with E-state index in [1.807, 2.05) is 6.07 Å². The normalized spacial score (nSPS) is 16.9. The van der Waals surface area contributed by atoms with Crippen LogP contribution >= 0.6 is 11.3 Å². The van der Waals surface area contributed by atoms with Gasteiger partial charge in [-0.3, -0.25) is 0 Å². The zero-order chi connectivity index (χ0) is 14.2. The Kier molecular flexibility index (Phi) is 3.00. The van der Waals surface area contributed by atoms with Crippen molar-refractivity contribution in [2.24, 2.45) is 0 Å². The Balaban J connectivity index is 1.70. The van der Waals surface area contributed by atoms with E-state index in [9.17, 15) is 0 Å². The maximum atomic E-state index is 5.46. The molecule has 0 fully saturated rings. The van der Waals surface area contributed by atoms with Gasteiger partial charge in [0.05, 0.1) is 18.5 Å². The molecule has 4 rings (SSSR count). The molecule has 2 heterocycles. The molecule has 2 aromatic heterocycles. The summed E-state index contributed by atoms with van der Waals surface area (Å²) in [5.74, 6) is 1.90. The lowest BCUT2D eigenvalue weighted by Gasteiger charge is -2.15. The number of thiophene rings is 1. The van der Waals surface area contributed by atoms with Crippen LogP contribution in [0, 0.1) is 0 Å². The van der Waals surface area contributed by atoms with E-state index in [0.717, 1.165) is 34.6 Å². The van der Waals surface area contributed by atoms with Crippen LogP contribution in [0.4, 0.5) is 5.82 Å². The minimum Gasteiger partial charge on any atom is -0.496 e. The first-order valence-corrected chi connectivity index (χ1v) is 7.85. The van der Waals surface area contributed by atoms with E-state index in [1.54, 1.807) is 24.8 Å². The van der Waals surface area contributed by atoms with Gasteiger partial charge in [-0.2, -0.15) is 0 Å². The first-order chi connectivity index (χ1) is 10.4. The van der Waals surface area contributed by atoms with Crippen molar-refractivity contribution < 1.29 is 4.74 Å². The summed E-state index contributed by atoms with van der Waals surface area (Å²) < 4.78 is 5.46. The molecule has 1 atom stereocenters. The molecule has 0 bridgehead atoms. The number of hydrogen-bond acceptors (Lipinski definition) is 5. The molecule has 0 saturated carbocycles. The molecule has 1 N–H and O–H groups in total. The average molecular weight is 297 g/mol. The summed E-state index contributed by atoms with van der Waals surface area (Å²) in [6, 6.07) is 8.62. The van der Waals surface area contributed by atoms with Crippen LogP contribution in [0.3, 0.4) is 0 Å². The standard InChI is InChI=1S/C16H15N3OS/c1-20-14-4-2-3-10-11(14)5-6-13(10)19-15-12-7-8-21-16(12)18-9-17-15/h2-4,7-9,13H,5-6H2,1H3,(H,17,18,19). The van der Waals surface area contributed by atoms with Crippen molar-refractivity contribution in [3.63, 3.8) is 0 Å². The molecule has 1 aliphatic rings. The second-order valence-corrected chi connectivity index (χ2v) is 6.02. The molecule has 3 aromatic rings. The predicted octanol–water partition coefficient (Wildman–Crippen LogP) is 3.80. The third kappa shape index (κ3) is 2.05. The highest BCUT2D eigenvalue weighted by molar-refractivity contribution is 7.16. The fourth-order valence-corrected chi connectivity index (χ4v) is 3.76. The highest BCUT2D eigenvalue weighted by atomic mass is 32.1. The summed E-state index contributed by atoms with van der Waals surface area (Å²) in [5.41, 5.74) is 2.63. The van der Waals surface area contributed by atoms with Gasteiger partial charge in [-0.1, -0.05) is 12.1 Å². The first kappa shape index (κ1) is 12.6. The van der Waals surface area contributed by atoms with E-state index in [1.165, 1.54) is 11.1 Å². The van der Waals surface area contributed by atoms with Crippen LogP contribution in [0.2, 0.25) is 0 Å². The lowest BCUT2D eigenvalue weighted by molar-refractivity contribution is 0.410. The number of aromatic nitrogens is 2. The zero-order valence-corrected chi connectivity index (χ0v) is 12.5. The Morgan fingerprint density at radius 3 is 3.14 bits per heavy atom. The molecule has 4 nitrogen and oxygen atoms in total. The Hall–Kier alpha value is -2.14. The van der Waals surface area contributed by atoms with Gasteiger partial charge in [0.1, 0.15) is 22.7 Å². The van der Waals surface area contributed by atoms with Crippen molar-refractivity contribution in [1.82, 2.24) is 9.97 Å². The van der Waals surface area contributed by atoms with E-state index in [2.05, 4.69) is 38.9 Å². The highest BCUT2D eigenvalue weighted by Gasteiger charge is 2.25. The van der Waals surface area contributed by atoms with Gasteiger partial charge < -0.3 is 10.1 Å². The van der Waals surface area contributed by atoms with Crippen molar-refractivity contribution in [2.75, 3.05) is 12.4 Å². The molecule has 1 aromatic carbocycles. The second-order valence-electron chi connectivity index (χ2n) is 5.13. The number of methoxy groups -OCH3 is 1. The minimum absolute atomic E-state index is 0.285. The molecule has 0 amide bonds. The summed E-state index contributed by atoms with van der Waals surface area (Å²) in [6.07, 6.45) is 3.73. The van der Waals surface area contributed by atoms with E-state index in [-0.39, 0.29) is 6.04 Å². The van der Waals surface area contributed by atoms with Crippen LogP contribution in [0.1, 0.15) is 23.6 Å². The third-order valence-electron chi connectivity index (χ3n) is 4.02. The zero-order valence-electron chi connectivity index (χ0n) is 11.7. The Bertz CT molecular complexity index is 799. The quantitative estimate of drug-likeness (QED) is 0.799. The molecule has 21 heavy (non-hydrogen) atoms. The van der Waals surface area contributed by atoms with Crippen molar-refractivity contribution in [2.45, 2.75) is 18.9 Å². The minimum atomic E-state index is 0.285. The molecular formula is C16H15N3OS. The number of benzene rings is 1. The van der Waals surface area contributed by atoms with Crippen LogP contribution in [0.25, 0.3) is 10.2 Å². The number of hydrogen-bond donors (Lipinski definition) is 1. The van der Waals surface area contributed by atoms with Crippen LogP contribution in [-0.2, 0) is 6.42 Å². The molecule has 0 spiro atoms. The number of fused-ring (bicyclic) bond motifs is 2. The molecule has 0 radical (unpaired) electrons. The number of nitrogens with one attached hydrogen (secondary N) is 1. The smallest absolute Gasteiger partial charge is 0.138 e. The van der Waals surface area contributed by atoms with Gasteiger partial charge in [0.2, 0.25) is 0 Å². The highest BCUT2D eigenvalue weighted by Crippen LogP contribution is 2.39. The number of anilines is 1. The van der Waals surface area contributed by atoms with Crippen molar-refractivity contribution >= 4 is 27.4 Å². The molecule has 1 aliphatic carbocycles. The topological polar surface area (TPSA) is 47.0 Å². The van der Waals surface area contributed by atoms with Gasteiger partial charge in [0.15, 0.2) is 0 Å². The monoisotopic (exact) mass is 297 g/mol. The fraction of sp³-hybridized carbons (Fsp3) is 0.250. The largest absolute Gasteiger partial charge is 0.496 e. The van der Waals surface area contributed by atoms with Crippen LogP contribution in [0.5, 0.6) is 5.75 Å². The summed E-state index contributed by atoms with van der Waals surface area (Å²) in [6.45, 7) is 0. The van der Waals surface area contributed by atoms with Gasteiger partial charge in [-0.25, -0.2) is 9.97 Å². The molecule has 1 unspecified atom stereocenters. The van der Waals surface area contributed by atoms with E-state index < -0.39 is 0 Å².